The summed E-state index contributed by atoms with van der Waals surface area (Å²) in [6, 6.07) is 39.3. The zero-order chi connectivity index (χ0) is 33.1. The topological polar surface area (TPSA) is 69.9 Å². The zero-order valence-corrected chi connectivity index (χ0v) is 27.8. The normalized spacial score (nSPS) is 13.2. The standard InChI is InChI=1S/C42H39N5/c1-41(2,3)28-15-17-35-33-11-7-9-13-37(33)46(39(35)19-28)31-21-30(45-26-27(24-43)25-44)22-32(23-31)47-38-14-10-8-12-34(38)36-18-16-29(20-40(36)47)42(4,5)6/h7-24,26-27,43H,1-6H3. The van der Waals surface area contributed by atoms with Crippen LogP contribution in [0.2, 0.25) is 0 Å². The van der Waals surface area contributed by atoms with E-state index in [9.17, 15) is 5.26 Å². The molecule has 2 heterocycles. The van der Waals surface area contributed by atoms with Crippen LogP contribution < -0.4 is 0 Å². The van der Waals surface area contributed by atoms with E-state index in [1.54, 1.807) is 6.21 Å². The Morgan fingerprint density at radius 1 is 0.617 bits per heavy atom. The van der Waals surface area contributed by atoms with Gasteiger partial charge in [0.15, 0.2) is 0 Å². The molecule has 0 bridgehead atoms. The first-order valence-corrected chi connectivity index (χ1v) is 16.2. The van der Waals surface area contributed by atoms with E-state index in [4.69, 9.17) is 10.4 Å². The fourth-order valence-electron chi connectivity index (χ4n) is 6.62. The molecule has 5 nitrogen and oxygen atoms in total. The molecule has 1 unspecified atom stereocenters. The number of nitrogens with one attached hydrogen (secondary N) is 1. The molecule has 0 spiro atoms. The van der Waals surface area contributed by atoms with Crippen LogP contribution in [0.15, 0.2) is 108 Å². The Labute approximate surface area is 275 Å². The monoisotopic (exact) mass is 613 g/mol. The molecule has 47 heavy (non-hydrogen) atoms. The van der Waals surface area contributed by atoms with Crippen molar-refractivity contribution in [3.8, 4) is 17.4 Å². The fourth-order valence-corrected chi connectivity index (χ4v) is 6.62. The molecule has 5 aromatic carbocycles. The van der Waals surface area contributed by atoms with Gasteiger partial charge in [0, 0.05) is 34.0 Å². The Hall–Kier alpha value is -5.47. The molecular formula is C42H39N5. The van der Waals surface area contributed by atoms with Gasteiger partial charge in [0.25, 0.3) is 0 Å². The lowest BCUT2D eigenvalue weighted by atomic mass is 9.86. The van der Waals surface area contributed by atoms with E-state index in [0.29, 0.717) is 0 Å². The van der Waals surface area contributed by atoms with Gasteiger partial charge in [0.05, 0.1) is 45.2 Å². The molecule has 7 aromatic rings. The largest absolute Gasteiger partial charge is 0.311 e. The molecule has 0 radical (unpaired) electrons. The molecule has 0 aliphatic heterocycles. The maximum Gasteiger partial charge on any atom is 0.116 e. The second kappa shape index (κ2) is 11.1. The Morgan fingerprint density at radius 3 is 1.49 bits per heavy atom. The fraction of sp³-hybridized carbons (Fsp3) is 0.214. The van der Waals surface area contributed by atoms with Crippen LogP contribution in [0.25, 0.3) is 55.0 Å². The summed E-state index contributed by atoms with van der Waals surface area (Å²) < 4.78 is 4.69. The van der Waals surface area contributed by atoms with Gasteiger partial charge in [0.2, 0.25) is 0 Å². The average molecular weight is 614 g/mol. The molecule has 0 saturated carbocycles. The smallest absolute Gasteiger partial charge is 0.116 e. The van der Waals surface area contributed by atoms with Gasteiger partial charge in [-0.3, -0.25) is 4.99 Å². The summed E-state index contributed by atoms with van der Waals surface area (Å²) in [7, 11) is 0. The van der Waals surface area contributed by atoms with E-state index in [-0.39, 0.29) is 10.8 Å². The number of nitrogens with zero attached hydrogens (tertiary/aromatic N) is 4. The zero-order valence-electron chi connectivity index (χ0n) is 27.8. The molecule has 0 saturated heterocycles. The number of para-hydroxylation sites is 2. The molecule has 0 amide bonds. The Kier molecular flexibility index (Phi) is 7.13. The lowest BCUT2D eigenvalue weighted by molar-refractivity contribution is 0.590. The highest BCUT2D eigenvalue weighted by atomic mass is 15.0. The van der Waals surface area contributed by atoms with Crippen molar-refractivity contribution < 1.29 is 0 Å². The lowest BCUT2D eigenvalue weighted by Gasteiger charge is -2.20. The van der Waals surface area contributed by atoms with Crippen LogP contribution in [0.1, 0.15) is 52.7 Å². The highest BCUT2D eigenvalue weighted by Gasteiger charge is 2.21. The van der Waals surface area contributed by atoms with Gasteiger partial charge in [-0.1, -0.05) is 102 Å². The third kappa shape index (κ3) is 5.20. The van der Waals surface area contributed by atoms with Gasteiger partial charge in [-0.15, -0.1) is 0 Å². The molecule has 232 valence electrons. The number of aliphatic imine (C=N–C) groups is 1. The minimum absolute atomic E-state index is 0.0143. The van der Waals surface area contributed by atoms with Crippen molar-refractivity contribution in [1.82, 2.24) is 9.13 Å². The van der Waals surface area contributed by atoms with E-state index in [2.05, 4.69) is 160 Å². The molecule has 0 aliphatic rings. The van der Waals surface area contributed by atoms with Crippen LogP contribution in [0, 0.1) is 22.7 Å². The second-order valence-corrected chi connectivity index (χ2v) is 14.5. The third-order valence-electron chi connectivity index (χ3n) is 9.20. The predicted molar refractivity (Wildman–Crippen MR) is 199 cm³/mol. The van der Waals surface area contributed by atoms with Gasteiger partial charge in [-0.05, 0) is 64.4 Å². The Bertz CT molecular complexity index is 2260. The summed E-state index contributed by atoms with van der Waals surface area (Å²) in [6.45, 7) is 13.5. The number of benzene rings is 5. The molecule has 7 rings (SSSR count). The number of hydrogen-bond donors (Lipinski definition) is 1. The first-order chi connectivity index (χ1) is 22.5. The van der Waals surface area contributed by atoms with Crippen molar-refractivity contribution in [2.75, 3.05) is 0 Å². The minimum Gasteiger partial charge on any atom is -0.311 e. The average Bonchev–Trinajstić information content (AvgIpc) is 3.56. The predicted octanol–water partition coefficient (Wildman–Crippen LogP) is 11.0. The molecule has 5 heteroatoms. The van der Waals surface area contributed by atoms with Crippen LogP contribution in [0.3, 0.4) is 0 Å². The second-order valence-electron chi connectivity index (χ2n) is 14.5. The summed E-state index contributed by atoms with van der Waals surface area (Å²) in [5, 5.41) is 22.0. The van der Waals surface area contributed by atoms with E-state index in [1.807, 2.05) is 0 Å². The van der Waals surface area contributed by atoms with E-state index in [1.165, 1.54) is 32.7 Å². The number of rotatable bonds is 5. The van der Waals surface area contributed by atoms with Crippen molar-refractivity contribution in [2.24, 2.45) is 10.9 Å². The lowest BCUT2D eigenvalue weighted by Crippen LogP contribution is -2.11. The first-order valence-electron chi connectivity index (χ1n) is 16.2. The summed E-state index contributed by atoms with van der Waals surface area (Å²) in [5.41, 5.74) is 9.69. The van der Waals surface area contributed by atoms with Crippen LogP contribution >= 0.6 is 0 Å². The summed E-state index contributed by atoms with van der Waals surface area (Å²) in [5.74, 6) is -0.702. The molecule has 1 N–H and O–H groups in total. The van der Waals surface area contributed by atoms with Crippen LogP contribution in [0.4, 0.5) is 5.69 Å². The number of aromatic nitrogens is 2. The maximum absolute atomic E-state index is 9.57. The minimum atomic E-state index is -0.702. The van der Waals surface area contributed by atoms with Crippen molar-refractivity contribution in [3.05, 3.63) is 114 Å². The Balaban J connectivity index is 1.59. The molecule has 1 atom stereocenters. The van der Waals surface area contributed by atoms with Crippen LogP contribution in [-0.4, -0.2) is 21.6 Å². The Morgan fingerprint density at radius 2 is 1.06 bits per heavy atom. The summed E-state index contributed by atoms with van der Waals surface area (Å²) >= 11 is 0. The molecular weight excluding hydrogens is 574 g/mol. The maximum atomic E-state index is 9.57. The summed E-state index contributed by atoms with van der Waals surface area (Å²) in [6.07, 6.45) is 2.68. The quantitative estimate of drug-likeness (QED) is 0.193. The van der Waals surface area contributed by atoms with Crippen LogP contribution in [-0.2, 0) is 10.8 Å². The number of fused-ring (bicyclic) bond motifs is 6. The van der Waals surface area contributed by atoms with E-state index < -0.39 is 5.92 Å². The molecule has 2 aromatic heterocycles. The highest BCUT2D eigenvalue weighted by Crippen LogP contribution is 2.39. The van der Waals surface area contributed by atoms with Gasteiger partial charge >= 0.3 is 0 Å². The van der Waals surface area contributed by atoms with Gasteiger partial charge in [0.1, 0.15) is 5.92 Å². The van der Waals surface area contributed by atoms with Gasteiger partial charge in [-0.25, -0.2) is 0 Å². The number of nitriles is 1. The highest BCUT2D eigenvalue weighted by molar-refractivity contribution is 6.11. The third-order valence-corrected chi connectivity index (χ3v) is 9.20. The summed E-state index contributed by atoms with van der Waals surface area (Å²) in [4.78, 5) is 4.80. The SMILES string of the molecule is CC(C)(C)c1ccc2c3ccccc3n(-c3cc(N=CC(C#N)C=N)cc(-n4c5ccccc5c5ccc(C(C)(C)C)cc54)c3)c2c1. The number of hydrogen-bond acceptors (Lipinski definition) is 3. The first kappa shape index (κ1) is 30.2. The van der Waals surface area contributed by atoms with Crippen molar-refractivity contribution >= 4 is 61.7 Å². The van der Waals surface area contributed by atoms with Crippen molar-refractivity contribution in [2.45, 2.75) is 52.4 Å². The van der Waals surface area contributed by atoms with Gasteiger partial charge < -0.3 is 14.5 Å². The molecule has 0 fully saturated rings. The van der Waals surface area contributed by atoms with Crippen LogP contribution in [0.5, 0.6) is 0 Å². The van der Waals surface area contributed by atoms with E-state index in [0.717, 1.165) is 45.3 Å². The van der Waals surface area contributed by atoms with Gasteiger partial charge in [-0.2, -0.15) is 5.26 Å². The van der Waals surface area contributed by atoms with Crippen molar-refractivity contribution in [3.63, 3.8) is 0 Å². The van der Waals surface area contributed by atoms with Crippen molar-refractivity contribution in [1.29, 1.82) is 10.7 Å². The molecule has 0 aliphatic carbocycles. The van der Waals surface area contributed by atoms with E-state index >= 15 is 0 Å².